The number of aliphatic hydroxyl groups excluding tert-OH is 1. The average molecular weight is 455 g/mol. The van der Waals surface area contributed by atoms with Crippen LogP contribution in [-0.4, -0.2) is 51.0 Å². The van der Waals surface area contributed by atoms with E-state index in [0.29, 0.717) is 6.54 Å². The van der Waals surface area contributed by atoms with Crippen LogP contribution in [0.15, 0.2) is 72.8 Å². The lowest BCUT2D eigenvalue weighted by atomic mass is 9.93. The summed E-state index contributed by atoms with van der Waals surface area (Å²) in [6.45, 7) is 6.71. The first-order valence-electron chi connectivity index (χ1n) is 12.3. The van der Waals surface area contributed by atoms with Crippen LogP contribution in [0.3, 0.4) is 0 Å². The van der Waals surface area contributed by atoms with Crippen molar-refractivity contribution in [1.29, 1.82) is 0 Å². The maximum Gasteiger partial charge on any atom is 0.0929 e. The van der Waals surface area contributed by atoms with E-state index in [-0.39, 0.29) is 11.6 Å². The number of fused-ring (bicyclic) bond motifs is 2. The van der Waals surface area contributed by atoms with Gasteiger partial charge in [0.1, 0.15) is 0 Å². The number of β-amino-alcohol motifs (C(OH)–C–C–N with tert-alkyl or cyclic N) is 1. The number of aliphatic hydroxyl groups is 1. The third-order valence-electron chi connectivity index (χ3n) is 7.02. The quantitative estimate of drug-likeness (QED) is 0.403. The van der Waals surface area contributed by atoms with Crippen LogP contribution in [0.1, 0.15) is 37.9 Å². The number of aromatic nitrogens is 2. The van der Waals surface area contributed by atoms with Gasteiger partial charge in [0.2, 0.25) is 0 Å². The minimum Gasteiger partial charge on any atom is -0.390 e. The van der Waals surface area contributed by atoms with Crippen LogP contribution in [0, 0.1) is 0 Å². The van der Waals surface area contributed by atoms with Crippen LogP contribution in [0.25, 0.3) is 21.7 Å². The lowest BCUT2D eigenvalue weighted by molar-refractivity contribution is 0.0626. The van der Waals surface area contributed by atoms with Crippen LogP contribution in [-0.2, 0) is 13.0 Å². The Morgan fingerprint density at radius 3 is 2.59 bits per heavy atom. The maximum absolute atomic E-state index is 11.1. The Balaban J connectivity index is 1.19. The Labute approximate surface area is 201 Å². The molecule has 0 spiro atoms. The number of benzene rings is 3. The first kappa shape index (κ1) is 22.9. The van der Waals surface area contributed by atoms with Crippen LogP contribution in [0.4, 0.5) is 0 Å². The van der Waals surface area contributed by atoms with Gasteiger partial charge in [0.05, 0.1) is 17.3 Å². The topological polar surface area (TPSA) is 61.3 Å². The van der Waals surface area contributed by atoms with E-state index in [4.69, 9.17) is 0 Å². The monoisotopic (exact) mass is 454 g/mol. The largest absolute Gasteiger partial charge is 0.390 e. The predicted molar refractivity (Wildman–Crippen MR) is 139 cm³/mol. The molecule has 1 saturated heterocycles. The Morgan fingerprint density at radius 1 is 0.971 bits per heavy atom. The Morgan fingerprint density at radius 2 is 1.74 bits per heavy atom. The zero-order valence-electron chi connectivity index (χ0n) is 20.1. The minimum atomic E-state index is -0.424. The van der Waals surface area contributed by atoms with E-state index < -0.39 is 6.10 Å². The Hall–Kier alpha value is -2.86. The van der Waals surface area contributed by atoms with Gasteiger partial charge in [-0.1, -0.05) is 60.7 Å². The molecule has 5 rings (SSSR count). The highest BCUT2D eigenvalue weighted by atomic mass is 16.3. The van der Waals surface area contributed by atoms with Crippen molar-refractivity contribution < 1.29 is 5.11 Å². The molecule has 34 heavy (non-hydrogen) atoms. The molecule has 0 aliphatic carbocycles. The van der Waals surface area contributed by atoms with E-state index >= 15 is 0 Å². The highest BCUT2D eigenvalue weighted by molar-refractivity contribution is 5.83. The van der Waals surface area contributed by atoms with Crippen molar-refractivity contribution >= 4 is 21.7 Å². The van der Waals surface area contributed by atoms with E-state index in [1.54, 1.807) is 0 Å². The van der Waals surface area contributed by atoms with Gasteiger partial charge < -0.3 is 10.4 Å². The van der Waals surface area contributed by atoms with Gasteiger partial charge in [0.25, 0.3) is 0 Å². The van der Waals surface area contributed by atoms with Gasteiger partial charge in [-0.25, -0.2) is 0 Å². The minimum absolute atomic E-state index is 0.114. The summed E-state index contributed by atoms with van der Waals surface area (Å²) in [4.78, 5) is 2.36. The van der Waals surface area contributed by atoms with Gasteiger partial charge in [0.15, 0.2) is 0 Å². The molecule has 2 heterocycles. The zero-order valence-corrected chi connectivity index (χ0v) is 20.1. The third kappa shape index (κ3) is 5.27. The van der Waals surface area contributed by atoms with E-state index in [1.807, 2.05) is 18.2 Å². The van der Waals surface area contributed by atoms with E-state index in [0.717, 1.165) is 48.9 Å². The van der Waals surface area contributed by atoms with E-state index in [2.05, 4.69) is 88.9 Å². The normalized spacial score (nSPS) is 18.0. The third-order valence-corrected chi connectivity index (χ3v) is 7.02. The first-order valence-corrected chi connectivity index (χ1v) is 12.3. The molecule has 0 radical (unpaired) electrons. The van der Waals surface area contributed by atoms with Crippen molar-refractivity contribution in [2.45, 2.75) is 57.3 Å². The van der Waals surface area contributed by atoms with Gasteiger partial charge in [-0.15, -0.1) is 0 Å². The molecule has 176 valence electrons. The van der Waals surface area contributed by atoms with Crippen molar-refractivity contribution in [1.82, 2.24) is 20.4 Å². The van der Waals surface area contributed by atoms with Crippen molar-refractivity contribution in [3.63, 3.8) is 0 Å². The summed E-state index contributed by atoms with van der Waals surface area (Å²) in [5, 5.41) is 27.2. The zero-order chi connectivity index (χ0) is 23.5. The summed E-state index contributed by atoms with van der Waals surface area (Å²) >= 11 is 0. The van der Waals surface area contributed by atoms with Crippen LogP contribution in [0.2, 0.25) is 0 Å². The summed E-state index contributed by atoms with van der Waals surface area (Å²) in [7, 11) is 0. The number of likely N-dealkylation sites (tertiary alicyclic amines) is 1. The number of hydrogen-bond acceptors (Lipinski definition) is 5. The van der Waals surface area contributed by atoms with Gasteiger partial charge in [-0.2, -0.15) is 10.2 Å². The summed E-state index contributed by atoms with van der Waals surface area (Å²) in [6, 6.07) is 25.5. The van der Waals surface area contributed by atoms with Crippen molar-refractivity contribution in [3.8, 4) is 0 Å². The molecule has 1 aliphatic heterocycles. The molecule has 0 amide bonds. The molecule has 3 aromatic carbocycles. The fraction of sp³-hybridized carbons (Fsp3) is 0.379. The highest BCUT2D eigenvalue weighted by Gasteiger charge is 2.32. The Kier molecular flexibility index (Phi) is 6.59. The summed E-state index contributed by atoms with van der Waals surface area (Å²) in [6.07, 6.45) is 2.59. The fourth-order valence-electron chi connectivity index (χ4n) is 5.23. The first-order chi connectivity index (χ1) is 16.5. The lowest BCUT2D eigenvalue weighted by Crippen LogP contribution is -2.50. The number of rotatable bonds is 8. The molecule has 2 atom stereocenters. The smallest absolute Gasteiger partial charge is 0.0929 e. The average Bonchev–Trinajstić information content (AvgIpc) is 3.30. The van der Waals surface area contributed by atoms with E-state index in [1.165, 1.54) is 16.3 Å². The molecule has 0 saturated carbocycles. The molecule has 1 aliphatic rings. The highest BCUT2D eigenvalue weighted by Crippen LogP contribution is 2.24. The molecular formula is C29H34N4O. The van der Waals surface area contributed by atoms with E-state index in [9.17, 15) is 5.11 Å². The van der Waals surface area contributed by atoms with Crippen LogP contribution >= 0.6 is 0 Å². The lowest BCUT2D eigenvalue weighted by Gasteiger charge is -2.32. The number of nitrogens with one attached hydrogen (secondary N) is 1. The van der Waals surface area contributed by atoms with Gasteiger partial charge in [-0.3, -0.25) is 4.90 Å². The molecule has 2 N–H and O–H groups in total. The van der Waals surface area contributed by atoms with Crippen LogP contribution < -0.4 is 5.32 Å². The molecule has 0 bridgehead atoms. The molecule has 1 aromatic heterocycles. The Bertz CT molecular complexity index is 1270. The van der Waals surface area contributed by atoms with Gasteiger partial charge >= 0.3 is 0 Å². The standard InChI is InChI=1S/C29H34N4O/c1-29(2,18-21-13-14-22-8-3-4-9-23(22)16-21)30-19-28(34)27-12-7-15-33(27)20-25-17-24-10-5-6-11-26(24)32-31-25/h3-6,8-11,13-14,16-17,27-28,30,34H,7,12,15,18-20H2,1-2H3. The number of nitrogens with zero attached hydrogens (tertiary/aromatic N) is 3. The fourth-order valence-corrected chi connectivity index (χ4v) is 5.23. The molecule has 1 fully saturated rings. The predicted octanol–water partition coefficient (Wildman–Crippen LogP) is 4.72. The molecule has 2 unspecified atom stereocenters. The molecular weight excluding hydrogens is 420 g/mol. The molecule has 5 heteroatoms. The summed E-state index contributed by atoms with van der Waals surface area (Å²) in [5.41, 5.74) is 3.07. The van der Waals surface area contributed by atoms with Gasteiger partial charge in [-0.05, 0) is 68.1 Å². The SMILES string of the molecule is CC(C)(Cc1ccc2ccccc2c1)NCC(O)C1CCCN1Cc1cc2ccccc2nn1. The summed E-state index contributed by atoms with van der Waals surface area (Å²) < 4.78 is 0. The number of hydrogen-bond donors (Lipinski definition) is 2. The second-order valence-electron chi connectivity index (χ2n) is 10.3. The van der Waals surface area contributed by atoms with Crippen molar-refractivity contribution in [2.24, 2.45) is 0 Å². The molecule has 5 nitrogen and oxygen atoms in total. The second-order valence-corrected chi connectivity index (χ2v) is 10.3. The maximum atomic E-state index is 11.1. The van der Waals surface area contributed by atoms with Crippen molar-refractivity contribution in [3.05, 3.63) is 84.1 Å². The van der Waals surface area contributed by atoms with Crippen LogP contribution in [0.5, 0.6) is 0 Å². The van der Waals surface area contributed by atoms with Crippen molar-refractivity contribution in [2.75, 3.05) is 13.1 Å². The second kappa shape index (κ2) is 9.79. The summed E-state index contributed by atoms with van der Waals surface area (Å²) in [5.74, 6) is 0. The van der Waals surface area contributed by atoms with Gasteiger partial charge in [0, 0.05) is 30.1 Å². The molecule has 4 aromatic rings.